The summed E-state index contributed by atoms with van der Waals surface area (Å²) < 4.78 is 43.2. The SMILES string of the molecule is Cl.Cl.O=C(c1ccc(Oc2ccc(C(F)(F)F)cn2)cc1)N1C2CCNCC1CC2. The highest BCUT2D eigenvalue weighted by Crippen LogP contribution is 2.31. The monoisotopic (exact) mass is 463 g/mol. The maximum absolute atomic E-state index is 13.0. The van der Waals surface area contributed by atoms with Crippen molar-refractivity contribution in [3.63, 3.8) is 0 Å². The average molecular weight is 464 g/mol. The van der Waals surface area contributed by atoms with E-state index in [4.69, 9.17) is 4.74 Å². The molecule has 2 aliphatic rings. The van der Waals surface area contributed by atoms with Gasteiger partial charge in [0.25, 0.3) is 5.91 Å². The van der Waals surface area contributed by atoms with Crippen molar-refractivity contribution in [2.75, 3.05) is 13.1 Å². The molecule has 30 heavy (non-hydrogen) atoms. The number of amides is 1. The highest BCUT2D eigenvalue weighted by atomic mass is 35.5. The van der Waals surface area contributed by atoms with Crippen molar-refractivity contribution in [3.05, 3.63) is 53.7 Å². The van der Waals surface area contributed by atoms with Crippen LogP contribution in [0.2, 0.25) is 0 Å². The fourth-order valence-electron chi connectivity index (χ4n) is 3.86. The molecule has 0 aliphatic carbocycles. The second-order valence-corrected chi connectivity index (χ2v) is 7.10. The van der Waals surface area contributed by atoms with E-state index in [2.05, 4.69) is 10.3 Å². The molecule has 1 amide bonds. The lowest BCUT2D eigenvalue weighted by Gasteiger charge is -2.28. The molecule has 3 heterocycles. The first-order valence-electron chi connectivity index (χ1n) is 9.26. The Kier molecular flexibility index (Phi) is 7.96. The van der Waals surface area contributed by atoms with Gasteiger partial charge >= 0.3 is 6.18 Å². The van der Waals surface area contributed by atoms with Crippen molar-refractivity contribution in [1.82, 2.24) is 15.2 Å². The summed E-state index contributed by atoms with van der Waals surface area (Å²) in [6, 6.07) is 9.22. The Morgan fingerprint density at radius 3 is 2.37 bits per heavy atom. The average Bonchev–Trinajstić information content (AvgIpc) is 2.94. The molecule has 0 radical (unpaired) electrons. The van der Waals surface area contributed by atoms with E-state index in [1.807, 2.05) is 4.90 Å². The smallest absolute Gasteiger partial charge is 0.417 e. The zero-order valence-electron chi connectivity index (χ0n) is 15.9. The normalized spacial score (nSPS) is 20.6. The third-order valence-corrected chi connectivity index (χ3v) is 5.28. The highest BCUT2D eigenvalue weighted by molar-refractivity contribution is 5.95. The summed E-state index contributed by atoms with van der Waals surface area (Å²) in [6.07, 6.45) is -0.682. The zero-order valence-corrected chi connectivity index (χ0v) is 17.5. The van der Waals surface area contributed by atoms with Crippen molar-refractivity contribution in [2.24, 2.45) is 0 Å². The summed E-state index contributed by atoms with van der Waals surface area (Å²) in [6.45, 7) is 1.75. The summed E-state index contributed by atoms with van der Waals surface area (Å²) in [4.78, 5) is 18.6. The lowest BCUT2D eigenvalue weighted by Crippen LogP contribution is -2.42. The second-order valence-electron chi connectivity index (χ2n) is 7.10. The molecule has 1 aromatic heterocycles. The van der Waals surface area contributed by atoms with Gasteiger partial charge in [0.05, 0.1) is 5.56 Å². The van der Waals surface area contributed by atoms with Gasteiger partial charge in [-0.3, -0.25) is 4.79 Å². The number of carbonyl (C=O) groups excluding carboxylic acids is 1. The van der Waals surface area contributed by atoms with Gasteiger partial charge in [-0.1, -0.05) is 0 Å². The Hall–Kier alpha value is -2.03. The molecule has 0 spiro atoms. The van der Waals surface area contributed by atoms with Gasteiger partial charge in [-0.05, 0) is 56.1 Å². The van der Waals surface area contributed by atoms with Gasteiger partial charge in [0.2, 0.25) is 5.88 Å². The molecule has 1 N–H and O–H groups in total. The molecule has 4 rings (SSSR count). The minimum atomic E-state index is -4.43. The van der Waals surface area contributed by atoms with Gasteiger partial charge in [0.15, 0.2) is 0 Å². The molecule has 1 aromatic carbocycles. The van der Waals surface area contributed by atoms with Crippen LogP contribution < -0.4 is 10.1 Å². The van der Waals surface area contributed by atoms with Gasteiger partial charge in [-0.15, -0.1) is 24.8 Å². The van der Waals surface area contributed by atoms with Crippen LogP contribution in [0.25, 0.3) is 0 Å². The summed E-state index contributed by atoms with van der Waals surface area (Å²) in [5, 5.41) is 3.37. The zero-order chi connectivity index (χ0) is 19.7. The number of hydrogen-bond donors (Lipinski definition) is 1. The van der Waals surface area contributed by atoms with Crippen LogP contribution in [0, 0.1) is 0 Å². The minimum Gasteiger partial charge on any atom is -0.439 e. The van der Waals surface area contributed by atoms with Gasteiger partial charge in [-0.25, -0.2) is 4.98 Å². The number of benzene rings is 1. The Bertz CT molecular complexity index is 834. The largest absolute Gasteiger partial charge is 0.439 e. The maximum Gasteiger partial charge on any atom is 0.417 e. The molecule has 0 saturated carbocycles. The molecule has 2 saturated heterocycles. The number of fused-ring (bicyclic) bond motifs is 2. The number of alkyl halides is 3. The number of nitrogens with zero attached hydrogens (tertiary/aromatic N) is 2. The maximum atomic E-state index is 13.0. The first kappa shape index (κ1) is 24.2. The predicted molar refractivity (Wildman–Crippen MR) is 111 cm³/mol. The predicted octanol–water partition coefficient (Wildman–Crippen LogP) is 4.70. The topological polar surface area (TPSA) is 54.5 Å². The molecular weight excluding hydrogens is 442 g/mol. The van der Waals surface area contributed by atoms with Crippen LogP contribution in [-0.4, -0.2) is 41.0 Å². The standard InChI is InChI=1S/C20H20F3N3O2.2ClH/c21-20(22,23)14-3-8-18(25-11-14)28-17-6-1-13(2-7-17)19(27)26-15-4-5-16(26)12-24-10-9-15;;/h1-3,6-8,11,15-16,24H,4-5,9-10,12H2;2*1H. The number of nitrogens with one attached hydrogen (secondary N) is 1. The molecule has 2 atom stereocenters. The molecule has 2 unspecified atom stereocenters. The van der Waals surface area contributed by atoms with E-state index >= 15 is 0 Å². The molecule has 164 valence electrons. The van der Waals surface area contributed by atoms with Crippen LogP contribution >= 0.6 is 24.8 Å². The lowest BCUT2D eigenvalue weighted by molar-refractivity contribution is -0.137. The molecule has 2 aliphatic heterocycles. The van der Waals surface area contributed by atoms with Crippen molar-refractivity contribution in [1.29, 1.82) is 0 Å². The molecule has 2 fully saturated rings. The molecule has 2 bridgehead atoms. The van der Waals surface area contributed by atoms with Gasteiger partial charge in [-0.2, -0.15) is 13.2 Å². The van der Waals surface area contributed by atoms with E-state index in [-0.39, 0.29) is 48.7 Å². The van der Waals surface area contributed by atoms with Crippen LogP contribution in [0.3, 0.4) is 0 Å². The van der Waals surface area contributed by atoms with Crippen LogP contribution in [0.5, 0.6) is 11.6 Å². The van der Waals surface area contributed by atoms with Gasteiger partial charge in [0.1, 0.15) is 5.75 Å². The molecule has 5 nitrogen and oxygen atoms in total. The number of aromatic nitrogens is 1. The van der Waals surface area contributed by atoms with Crippen LogP contribution in [0.1, 0.15) is 35.2 Å². The first-order chi connectivity index (χ1) is 13.4. The lowest BCUT2D eigenvalue weighted by atomic mass is 10.1. The number of rotatable bonds is 3. The molecule has 2 aromatic rings. The Balaban J connectivity index is 0.00000160. The number of hydrogen-bond acceptors (Lipinski definition) is 4. The van der Waals surface area contributed by atoms with Gasteiger partial charge in [0, 0.05) is 36.5 Å². The minimum absolute atomic E-state index is 0. The number of pyridine rings is 1. The van der Waals surface area contributed by atoms with Gasteiger partial charge < -0.3 is 15.0 Å². The second kappa shape index (κ2) is 9.85. The third-order valence-electron chi connectivity index (χ3n) is 5.28. The first-order valence-corrected chi connectivity index (χ1v) is 9.26. The van der Waals surface area contributed by atoms with Crippen molar-refractivity contribution < 1.29 is 22.7 Å². The van der Waals surface area contributed by atoms with E-state index < -0.39 is 11.7 Å². The summed E-state index contributed by atoms with van der Waals surface area (Å²) in [5.74, 6) is 0.475. The number of carbonyl (C=O) groups is 1. The van der Waals surface area contributed by atoms with E-state index in [1.165, 1.54) is 6.07 Å². The van der Waals surface area contributed by atoms with E-state index in [0.29, 0.717) is 11.3 Å². The Labute approximate surface area is 184 Å². The van der Waals surface area contributed by atoms with Crippen molar-refractivity contribution in [2.45, 2.75) is 37.5 Å². The number of ether oxygens (including phenoxy) is 1. The van der Waals surface area contributed by atoms with E-state index in [0.717, 1.165) is 44.6 Å². The summed E-state index contributed by atoms with van der Waals surface area (Å²) in [5.41, 5.74) is -0.256. The highest BCUT2D eigenvalue weighted by Gasteiger charge is 2.38. The summed E-state index contributed by atoms with van der Waals surface area (Å²) in [7, 11) is 0. The fraction of sp³-hybridized carbons (Fsp3) is 0.400. The molecule has 10 heteroatoms. The van der Waals surface area contributed by atoms with E-state index in [1.54, 1.807) is 24.3 Å². The van der Waals surface area contributed by atoms with Crippen LogP contribution in [0.4, 0.5) is 13.2 Å². The van der Waals surface area contributed by atoms with Crippen LogP contribution in [0.15, 0.2) is 42.6 Å². The molecular formula is C20H22Cl2F3N3O2. The number of halogens is 5. The Morgan fingerprint density at radius 2 is 1.73 bits per heavy atom. The summed E-state index contributed by atoms with van der Waals surface area (Å²) >= 11 is 0. The van der Waals surface area contributed by atoms with E-state index in [9.17, 15) is 18.0 Å². The fourth-order valence-corrected chi connectivity index (χ4v) is 3.86. The van der Waals surface area contributed by atoms with Crippen molar-refractivity contribution in [3.8, 4) is 11.6 Å². The third kappa shape index (κ3) is 5.17. The van der Waals surface area contributed by atoms with Crippen LogP contribution in [-0.2, 0) is 6.18 Å². The Morgan fingerprint density at radius 1 is 1.03 bits per heavy atom. The quantitative estimate of drug-likeness (QED) is 0.716. The van der Waals surface area contributed by atoms with Crippen molar-refractivity contribution >= 4 is 30.7 Å².